The maximum Gasteiger partial charge on any atom is 0.0455 e. The molecule has 1 aromatic heterocycles. The summed E-state index contributed by atoms with van der Waals surface area (Å²) in [5, 5.41) is 4.38. The van der Waals surface area contributed by atoms with Crippen LogP contribution in [0.5, 0.6) is 0 Å². The monoisotopic (exact) mass is 293 g/mol. The Kier molecular flexibility index (Phi) is 5.03. The molecule has 1 unspecified atom stereocenters. The van der Waals surface area contributed by atoms with Crippen molar-refractivity contribution >= 4 is 22.9 Å². The summed E-state index contributed by atoms with van der Waals surface area (Å²) in [4.78, 5) is 2.83. The Hall–Kier alpha value is -0.830. The van der Waals surface area contributed by atoms with Crippen molar-refractivity contribution in [3.05, 3.63) is 56.2 Å². The summed E-state index contributed by atoms with van der Waals surface area (Å²) in [6.45, 7) is 7.51. The van der Waals surface area contributed by atoms with E-state index < -0.39 is 0 Å². The van der Waals surface area contributed by atoms with Gasteiger partial charge in [0.1, 0.15) is 0 Å². The van der Waals surface area contributed by atoms with Crippen molar-refractivity contribution in [3.63, 3.8) is 0 Å². The van der Waals surface area contributed by atoms with Crippen LogP contribution in [0.3, 0.4) is 0 Å². The highest BCUT2D eigenvalue weighted by molar-refractivity contribution is 7.12. The van der Waals surface area contributed by atoms with Gasteiger partial charge in [-0.25, -0.2) is 0 Å². The first-order valence-electron chi connectivity index (χ1n) is 6.65. The molecule has 102 valence electrons. The highest BCUT2D eigenvalue weighted by atomic mass is 35.5. The van der Waals surface area contributed by atoms with Crippen LogP contribution in [0.25, 0.3) is 0 Å². The smallest absolute Gasteiger partial charge is 0.0455 e. The molecule has 1 N–H and O–H groups in total. The zero-order valence-electron chi connectivity index (χ0n) is 11.7. The molecule has 0 amide bonds. The Labute approximate surface area is 124 Å². The first-order valence-corrected chi connectivity index (χ1v) is 7.84. The van der Waals surface area contributed by atoms with Gasteiger partial charge in [0.25, 0.3) is 0 Å². The number of benzene rings is 1. The Morgan fingerprint density at radius 2 is 1.89 bits per heavy atom. The molecular weight excluding hydrogens is 274 g/mol. The second-order valence-electron chi connectivity index (χ2n) is 4.83. The fourth-order valence-corrected chi connectivity index (χ4v) is 3.39. The van der Waals surface area contributed by atoms with E-state index in [1.165, 1.54) is 20.9 Å². The maximum absolute atomic E-state index is 5.94. The van der Waals surface area contributed by atoms with Gasteiger partial charge in [0, 0.05) is 20.8 Å². The lowest BCUT2D eigenvalue weighted by molar-refractivity contribution is 0.558. The molecule has 1 heterocycles. The van der Waals surface area contributed by atoms with Crippen molar-refractivity contribution < 1.29 is 0 Å². The van der Waals surface area contributed by atoms with E-state index in [0.717, 1.165) is 18.0 Å². The van der Waals surface area contributed by atoms with Crippen molar-refractivity contribution in [1.29, 1.82) is 0 Å². The summed E-state index contributed by atoms with van der Waals surface area (Å²) in [5.74, 6) is 0. The van der Waals surface area contributed by atoms with Gasteiger partial charge in [0.2, 0.25) is 0 Å². The minimum atomic E-state index is 0.392. The molecule has 0 fully saturated rings. The number of likely N-dealkylation sites (N-methyl/N-ethyl adjacent to an activating group) is 1. The van der Waals surface area contributed by atoms with Crippen molar-refractivity contribution in [2.75, 3.05) is 6.54 Å². The summed E-state index contributed by atoms with van der Waals surface area (Å²) in [5.41, 5.74) is 2.71. The third kappa shape index (κ3) is 3.82. The fourth-order valence-electron chi connectivity index (χ4n) is 2.15. The number of hydrogen-bond donors (Lipinski definition) is 1. The molecular formula is C16H20ClNS. The van der Waals surface area contributed by atoms with Crippen molar-refractivity contribution in [1.82, 2.24) is 5.32 Å². The molecule has 2 rings (SSSR count). The van der Waals surface area contributed by atoms with E-state index in [0.29, 0.717) is 6.04 Å². The Balaban J connectivity index is 2.18. The van der Waals surface area contributed by atoms with Crippen LogP contribution in [0, 0.1) is 13.8 Å². The molecule has 0 bridgehead atoms. The van der Waals surface area contributed by atoms with Gasteiger partial charge >= 0.3 is 0 Å². The lowest BCUT2D eigenvalue weighted by Crippen LogP contribution is -2.22. The highest BCUT2D eigenvalue weighted by Gasteiger charge is 2.14. The Morgan fingerprint density at radius 1 is 1.21 bits per heavy atom. The van der Waals surface area contributed by atoms with Crippen LogP contribution in [-0.2, 0) is 6.42 Å². The van der Waals surface area contributed by atoms with Crippen molar-refractivity contribution in [3.8, 4) is 0 Å². The third-order valence-corrected chi connectivity index (χ3v) is 4.85. The summed E-state index contributed by atoms with van der Waals surface area (Å²) < 4.78 is 0. The molecule has 0 aliphatic carbocycles. The van der Waals surface area contributed by atoms with E-state index in [-0.39, 0.29) is 0 Å². The van der Waals surface area contributed by atoms with E-state index in [4.69, 9.17) is 11.6 Å². The fraction of sp³-hybridized carbons (Fsp3) is 0.375. The number of nitrogens with one attached hydrogen (secondary N) is 1. The first-order chi connectivity index (χ1) is 9.10. The predicted octanol–water partition coefficient (Wildman–Crippen LogP) is 4.91. The predicted molar refractivity (Wildman–Crippen MR) is 85.4 cm³/mol. The van der Waals surface area contributed by atoms with Crippen LogP contribution < -0.4 is 5.32 Å². The standard InChI is InChI=1S/C16H20ClNS/c1-4-18-15(16-9-11(2)12(3)19-16)10-13-5-7-14(17)8-6-13/h5-9,15,18H,4,10H2,1-3H3. The molecule has 0 saturated carbocycles. The summed E-state index contributed by atoms with van der Waals surface area (Å²) >= 11 is 7.83. The molecule has 3 heteroatoms. The minimum absolute atomic E-state index is 0.392. The summed E-state index contributed by atoms with van der Waals surface area (Å²) in [7, 11) is 0. The largest absolute Gasteiger partial charge is 0.309 e. The highest BCUT2D eigenvalue weighted by Crippen LogP contribution is 2.29. The lowest BCUT2D eigenvalue weighted by Gasteiger charge is -2.16. The zero-order chi connectivity index (χ0) is 13.8. The van der Waals surface area contributed by atoms with Crippen LogP contribution >= 0.6 is 22.9 Å². The number of halogens is 1. The van der Waals surface area contributed by atoms with E-state index in [1.807, 2.05) is 23.5 Å². The molecule has 0 saturated heterocycles. The zero-order valence-corrected chi connectivity index (χ0v) is 13.2. The lowest BCUT2D eigenvalue weighted by atomic mass is 10.0. The molecule has 0 radical (unpaired) electrons. The van der Waals surface area contributed by atoms with Crippen LogP contribution in [0.15, 0.2) is 30.3 Å². The minimum Gasteiger partial charge on any atom is -0.309 e. The van der Waals surface area contributed by atoms with Gasteiger partial charge < -0.3 is 5.32 Å². The van der Waals surface area contributed by atoms with Gasteiger partial charge in [-0.2, -0.15) is 0 Å². The van der Waals surface area contributed by atoms with E-state index in [9.17, 15) is 0 Å². The first kappa shape index (κ1) is 14.6. The molecule has 2 aromatic rings. The van der Waals surface area contributed by atoms with Crippen LogP contribution in [-0.4, -0.2) is 6.54 Å². The van der Waals surface area contributed by atoms with Gasteiger partial charge in [-0.15, -0.1) is 11.3 Å². The van der Waals surface area contributed by atoms with Crippen LogP contribution in [0.1, 0.15) is 33.8 Å². The second kappa shape index (κ2) is 6.56. The van der Waals surface area contributed by atoms with Gasteiger partial charge in [-0.3, -0.25) is 0 Å². The average Bonchev–Trinajstić information content (AvgIpc) is 2.72. The average molecular weight is 294 g/mol. The molecule has 1 aromatic carbocycles. The molecule has 1 atom stereocenters. The Bertz CT molecular complexity index is 511. The van der Waals surface area contributed by atoms with Gasteiger partial charge in [0.05, 0.1) is 0 Å². The molecule has 0 aliphatic heterocycles. The van der Waals surface area contributed by atoms with Crippen molar-refractivity contribution in [2.24, 2.45) is 0 Å². The van der Waals surface area contributed by atoms with E-state index in [1.54, 1.807) is 0 Å². The SMILES string of the molecule is CCNC(Cc1ccc(Cl)cc1)c1cc(C)c(C)s1. The third-order valence-electron chi connectivity index (χ3n) is 3.33. The summed E-state index contributed by atoms with van der Waals surface area (Å²) in [6.07, 6.45) is 1.00. The van der Waals surface area contributed by atoms with Gasteiger partial charge in [-0.1, -0.05) is 30.7 Å². The van der Waals surface area contributed by atoms with E-state index in [2.05, 4.69) is 44.3 Å². The van der Waals surface area contributed by atoms with Gasteiger partial charge in [0.15, 0.2) is 0 Å². The number of hydrogen-bond acceptors (Lipinski definition) is 2. The topological polar surface area (TPSA) is 12.0 Å². The van der Waals surface area contributed by atoms with Crippen molar-refractivity contribution in [2.45, 2.75) is 33.2 Å². The quantitative estimate of drug-likeness (QED) is 0.826. The maximum atomic E-state index is 5.94. The molecule has 1 nitrogen and oxygen atoms in total. The molecule has 19 heavy (non-hydrogen) atoms. The van der Waals surface area contributed by atoms with Crippen LogP contribution in [0.4, 0.5) is 0 Å². The normalized spacial score (nSPS) is 12.6. The second-order valence-corrected chi connectivity index (χ2v) is 6.55. The number of aryl methyl sites for hydroxylation is 2. The van der Waals surface area contributed by atoms with Crippen LogP contribution in [0.2, 0.25) is 5.02 Å². The van der Waals surface area contributed by atoms with E-state index >= 15 is 0 Å². The Morgan fingerprint density at radius 3 is 2.42 bits per heavy atom. The molecule has 0 aliphatic rings. The molecule has 0 spiro atoms. The number of rotatable bonds is 5. The number of thiophene rings is 1. The van der Waals surface area contributed by atoms with Gasteiger partial charge in [-0.05, 0) is 56.1 Å². The summed E-state index contributed by atoms with van der Waals surface area (Å²) in [6, 6.07) is 10.8.